The molecule has 4 aromatic carbocycles. The smallest absolute Gasteiger partial charge is 0.335 e. The Kier molecular flexibility index (Phi) is 7.66. The minimum atomic E-state index is -2.11. The molecule has 0 amide bonds. The second-order valence-electron chi connectivity index (χ2n) is 9.03. The number of ketones is 2. The van der Waals surface area contributed by atoms with E-state index in [1.807, 2.05) is 0 Å². The molecule has 0 saturated heterocycles. The zero-order chi connectivity index (χ0) is 29.3. The lowest BCUT2D eigenvalue weighted by atomic mass is 9.80. The third kappa shape index (κ3) is 4.86. The molecule has 2 N–H and O–H groups in total. The van der Waals surface area contributed by atoms with Gasteiger partial charge in [-0.05, 0) is 42.0 Å². The molecule has 1 aromatic heterocycles. The molecular weight excluding hydrogens is 564 g/mol. The number of pyridine rings is 1. The summed E-state index contributed by atoms with van der Waals surface area (Å²) in [5.41, 5.74) is 3.32. The standard InChI is InChI=1S/C30H20N2O5S.O2S/c1-32-23-16-15-22(31-18-11-13-19(14-12-18)38(36)37)25-26(23)24(20-9-5-6-10-21(20)29(25)34)27(30(32)35)28(33)17-7-3-2-4-8-17;1-3-2/h2-16,31H,1H3,(H,36,37);. The summed E-state index contributed by atoms with van der Waals surface area (Å²) < 4.78 is 38.7. The molecule has 9 nitrogen and oxygen atoms in total. The highest BCUT2D eigenvalue weighted by molar-refractivity contribution is 7.79. The first-order valence-corrected chi connectivity index (χ1v) is 13.9. The molecule has 6 rings (SSSR count). The van der Waals surface area contributed by atoms with E-state index in [0.717, 1.165) is 0 Å². The van der Waals surface area contributed by atoms with Gasteiger partial charge in [0.15, 0.2) is 22.6 Å². The van der Waals surface area contributed by atoms with Gasteiger partial charge < -0.3 is 14.4 Å². The fourth-order valence-electron chi connectivity index (χ4n) is 5.03. The van der Waals surface area contributed by atoms with E-state index in [2.05, 4.69) is 5.32 Å². The summed E-state index contributed by atoms with van der Waals surface area (Å²) in [5, 5.41) is 3.77. The number of carbonyl (C=O) groups is 2. The summed E-state index contributed by atoms with van der Waals surface area (Å²) in [6.45, 7) is 0. The van der Waals surface area contributed by atoms with Gasteiger partial charge in [0.05, 0.1) is 27.2 Å². The zero-order valence-corrected chi connectivity index (χ0v) is 23.0. The van der Waals surface area contributed by atoms with E-state index >= 15 is 0 Å². The molecule has 0 fully saturated rings. The number of nitrogens with one attached hydrogen (secondary N) is 1. The van der Waals surface area contributed by atoms with Crippen molar-refractivity contribution in [2.75, 3.05) is 5.32 Å². The van der Waals surface area contributed by atoms with Crippen LogP contribution in [-0.4, -0.2) is 33.3 Å². The highest BCUT2D eigenvalue weighted by Crippen LogP contribution is 2.44. The molecule has 0 radical (unpaired) electrons. The quantitative estimate of drug-likeness (QED) is 0.221. The third-order valence-electron chi connectivity index (χ3n) is 6.83. The Morgan fingerprint density at radius 2 is 1.44 bits per heavy atom. The van der Waals surface area contributed by atoms with Gasteiger partial charge in [0.1, 0.15) is 0 Å². The van der Waals surface area contributed by atoms with E-state index in [4.69, 9.17) is 8.42 Å². The maximum atomic E-state index is 13.9. The number of anilines is 2. The Labute approximate surface area is 239 Å². The van der Waals surface area contributed by atoms with E-state index in [1.165, 1.54) is 16.7 Å². The molecule has 0 spiro atoms. The minimum Gasteiger partial charge on any atom is -0.355 e. The number of hydrogen-bond donors (Lipinski definition) is 2. The lowest BCUT2D eigenvalue weighted by Gasteiger charge is -2.25. The van der Waals surface area contributed by atoms with Gasteiger partial charge in [-0.3, -0.25) is 14.4 Å². The Balaban J connectivity index is 0.00000108. The van der Waals surface area contributed by atoms with Crippen LogP contribution in [-0.2, 0) is 29.7 Å². The third-order valence-corrected chi connectivity index (χ3v) is 7.50. The molecule has 1 aliphatic rings. The Morgan fingerprint density at radius 1 is 0.829 bits per heavy atom. The molecule has 1 heterocycles. The molecule has 0 aliphatic heterocycles. The second-order valence-corrected chi connectivity index (χ2v) is 10.1. The van der Waals surface area contributed by atoms with Crippen LogP contribution in [0.15, 0.2) is 101 Å². The van der Waals surface area contributed by atoms with Gasteiger partial charge in [0.2, 0.25) is 0 Å². The van der Waals surface area contributed by atoms with Crippen molar-refractivity contribution in [3.8, 4) is 11.1 Å². The summed E-state index contributed by atoms with van der Waals surface area (Å²) in [7, 11) is 1.60. The Morgan fingerprint density at radius 3 is 2.07 bits per heavy atom. The number of rotatable bonds is 5. The fraction of sp³-hybridized carbons (Fsp3) is 0.0333. The predicted molar refractivity (Wildman–Crippen MR) is 156 cm³/mol. The second kappa shape index (κ2) is 11.3. The lowest BCUT2D eigenvalue weighted by Crippen LogP contribution is -2.29. The van der Waals surface area contributed by atoms with E-state index in [1.54, 1.807) is 85.9 Å². The number of fused-ring (bicyclic) bond motifs is 2. The fourth-order valence-corrected chi connectivity index (χ4v) is 5.40. The summed E-state index contributed by atoms with van der Waals surface area (Å²) in [6.07, 6.45) is 0. The average molecular weight is 585 g/mol. The molecule has 204 valence electrons. The number of aryl methyl sites for hydroxylation is 1. The summed E-state index contributed by atoms with van der Waals surface area (Å²) in [6, 6.07) is 25.4. The van der Waals surface area contributed by atoms with Crippen LogP contribution in [0, 0.1) is 0 Å². The summed E-state index contributed by atoms with van der Waals surface area (Å²) in [4.78, 5) is 41.6. The maximum absolute atomic E-state index is 13.9. The number of aromatic nitrogens is 1. The monoisotopic (exact) mass is 584 g/mol. The van der Waals surface area contributed by atoms with Gasteiger partial charge in [-0.2, -0.15) is 8.42 Å². The van der Waals surface area contributed by atoms with Crippen LogP contribution in [0.1, 0.15) is 31.8 Å². The van der Waals surface area contributed by atoms with Crippen molar-refractivity contribution in [2.45, 2.75) is 4.90 Å². The molecule has 1 aliphatic carbocycles. The van der Waals surface area contributed by atoms with Crippen molar-refractivity contribution >= 4 is 56.5 Å². The molecule has 41 heavy (non-hydrogen) atoms. The van der Waals surface area contributed by atoms with Crippen molar-refractivity contribution in [3.63, 3.8) is 0 Å². The van der Waals surface area contributed by atoms with Crippen molar-refractivity contribution in [3.05, 3.63) is 124 Å². The van der Waals surface area contributed by atoms with Crippen molar-refractivity contribution < 1.29 is 26.8 Å². The molecular formula is C30H20N2O7S2. The zero-order valence-electron chi connectivity index (χ0n) is 21.3. The van der Waals surface area contributed by atoms with E-state index in [9.17, 15) is 23.1 Å². The number of benzene rings is 4. The van der Waals surface area contributed by atoms with Gasteiger partial charge in [-0.25, -0.2) is 4.21 Å². The average Bonchev–Trinajstić information content (AvgIpc) is 2.99. The van der Waals surface area contributed by atoms with Gasteiger partial charge in [0, 0.05) is 34.8 Å². The van der Waals surface area contributed by atoms with Crippen LogP contribution < -0.4 is 10.9 Å². The Hall–Kier alpha value is -4.84. The van der Waals surface area contributed by atoms with Crippen LogP contribution in [0.25, 0.3) is 22.0 Å². The number of nitrogens with zero attached hydrogens (tertiary/aromatic N) is 1. The highest BCUT2D eigenvalue weighted by atomic mass is 32.2. The SMILES string of the molecule is Cn1c(=O)c(C(=O)c2ccccc2)c2c3c(c(Nc4ccc(S(=O)O)cc4)ccc31)C(=O)c1ccccc1-2.O=S=O. The first kappa shape index (κ1) is 27.7. The van der Waals surface area contributed by atoms with Crippen molar-refractivity contribution in [1.29, 1.82) is 0 Å². The molecule has 1 unspecified atom stereocenters. The Bertz CT molecular complexity index is 1980. The predicted octanol–water partition coefficient (Wildman–Crippen LogP) is 4.63. The van der Waals surface area contributed by atoms with Crippen molar-refractivity contribution in [1.82, 2.24) is 4.57 Å². The maximum Gasteiger partial charge on any atom is 0.335 e. The van der Waals surface area contributed by atoms with Crippen molar-refractivity contribution in [2.24, 2.45) is 7.05 Å². The van der Waals surface area contributed by atoms with Crippen LogP contribution >= 0.6 is 0 Å². The summed E-state index contributed by atoms with van der Waals surface area (Å²) in [5.74, 6) is -0.643. The molecule has 11 heteroatoms. The number of hydrogen-bond acceptors (Lipinski definition) is 7. The van der Waals surface area contributed by atoms with Crippen LogP contribution in [0.4, 0.5) is 11.4 Å². The highest BCUT2D eigenvalue weighted by Gasteiger charge is 2.33. The molecule has 0 saturated carbocycles. The number of carbonyl (C=O) groups excluding carboxylic acids is 2. The van der Waals surface area contributed by atoms with Gasteiger partial charge in [0.25, 0.3) is 5.56 Å². The normalized spacial score (nSPS) is 12.1. The van der Waals surface area contributed by atoms with Crippen LogP contribution in [0.5, 0.6) is 0 Å². The first-order valence-electron chi connectivity index (χ1n) is 12.1. The van der Waals surface area contributed by atoms with Crippen LogP contribution in [0.2, 0.25) is 0 Å². The van der Waals surface area contributed by atoms with Crippen LogP contribution in [0.3, 0.4) is 0 Å². The van der Waals surface area contributed by atoms with Gasteiger partial charge >= 0.3 is 11.6 Å². The molecule has 1 atom stereocenters. The largest absolute Gasteiger partial charge is 0.355 e. The molecule has 0 bridgehead atoms. The van der Waals surface area contributed by atoms with E-state index < -0.39 is 34.0 Å². The minimum absolute atomic E-state index is 0.0133. The lowest BCUT2D eigenvalue weighted by molar-refractivity contribution is 0.102. The molecule has 5 aromatic rings. The first-order chi connectivity index (χ1) is 19.8. The topological polar surface area (TPSA) is 140 Å². The van der Waals surface area contributed by atoms with E-state index in [-0.39, 0.29) is 16.2 Å². The van der Waals surface area contributed by atoms with Gasteiger partial charge in [-0.15, -0.1) is 0 Å². The van der Waals surface area contributed by atoms with E-state index in [0.29, 0.717) is 50.1 Å². The summed E-state index contributed by atoms with van der Waals surface area (Å²) >= 11 is -2.86. The van der Waals surface area contributed by atoms with Gasteiger partial charge in [-0.1, -0.05) is 54.6 Å².